The zero-order valence-electron chi connectivity index (χ0n) is 11.4. The summed E-state index contributed by atoms with van der Waals surface area (Å²) in [4.78, 5) is 2.27. The van der Waals surface area contributed by atoms with Gasteiger partial charge in [-0.25, -0.2) is 0 Å². The molecule has 16 heavy (non-hydrogen) atoms. The van der Waals surface area contributed by atoms with E-state index in [2.05, 4.69) is 45.7 Å². The number of nitrogens with zero attached hydrogens (tertiary/aromatic N) is 2. The van der Waals surface area contributed by atoms with E-state index in [4.69, 9.17) is 10.00 Å². The Kier molecular flexibility index (Phi) is 3.66. The van der Waals surface area contributed by atoms with Crippen molar-refractivity contribution >= 4 is 0 Å². The molecular weight excluding hydrogens is 200 g/mol. The van der Waals surface area contributed by atoms with Gasteiger partial charge in [0.2, 0.25) is 0 Å². The zero-order chi connectivity index (χ0) is 12.6. The van der Waals surface area contributed by atoms with Crippen molar-refractivity contribution in [2.24, 2.45) is 5.92 Å². The van der Waals surface area contributed by atoms with Crippen molar-refractivity contribution in [1.82, 2.24) is 4.90 Å². The molecule has 3 nitrogen and oxygen atoms in total. The van der Waals surface area contributed by atoms with Crippen LogP contribution in [0.2, 0.25) is 0 Å². The highest BCUT2D eigenvalue weighted by atomic mass is 16.5. The molecule has 0 aliphatic carbocycles. The van der Waals surface area contributed by atoms with Crippen LogP contribution in [-0.4, -0.2) is 35.7 Å². The monoisotopic (exact) mass is 224 g/mol. The van der Waals surface area contributed by atoms with E-state index in [1.165, 1.54) is 0 Å². The third-order valence-corrected chi connectivity index (χ3v) is 3.34. The van der Waals surface area contributed by atoms with Gasteiger partial charge in [0.25, 0.3) is 0 Å². The minimum absolute atomic E-state index is 0.0572. The molecule has 2 atom stereocenters. The van der Waals surface area contributed by atoms with Crippen molar-refractivity contribution in [3.8, 4) is 6.07 Å². The highest BCUT2D eigenvalue weighted by molar-refractivity contribution is 5.00. The Morgan fingerprint density at radius 2 is 2.00 bits per heavy atom. The van der Waals surface area contributed by atoms with Crippen LogP contribution in [0.25, 0.3) is 0 Å². The molecule has 1 fully saturated rings. The van der Waals surface area contributed by atoms with Crippen molar-refractivity contribution < 1.29 is 4.74 Å². The number of likely N-dealkylation sites (N-methyl/N-ethyl adjacent to an activating group) is 1. The van der Waals surface area contributed by atoms with Gasteiger partial charge in [-0.05, 0) is 48.1 Å². The fourth-order valence-corrected chi connectivity index (χ4v) is 2.82. The van der Waals surface area contributed by atoms with Crippen LogP contribution < -0.4 is 0 Å². The molecule has 92 valence electrons. The Labute approximate surface area is 99.4 Å². The van der Waals surface area contributed by atoms with Crippen LogP contribution in [0.15, 0.2) is 0 Å². The number of rotatable bonds is 3. The average molecular weight is 224 g/mol. The topological polar surface area (TPSA) is 36.3 Å². The molecule has 0 bridgehead atoms. The van der Waals surface area contributed by atoms with Crippen LogP contribution in [-0.2, 0) is 4.74 Å². The maximum absolute atomic E-state index is 8.85. The van der Waals surface area contributed by atoms with E-state index in [0.29, 0.717) is 6.04 Å². The van der Waals surface area contributed by atoms with E-state index in [1.54, 1.807) is 0 Å². The second-order valence-electron chi connectivity index (χ2n) is 6.15. The molecule has 1 saturated heterocycles. The molecule has 1 aliphatic rings. The van der Waals surface area contributed by atoms with Gasteiger partial charge in [-0.15, -0.1) is 0 Å². The third kappa shape index (κ3) is 2.96. The smallest absolute Gasteiger partial charge is 0.0789 e. The van der Waals surface area contributed by atoms with E-state index in [9.17, 15) is 0 Å². The van der Waals surface area contributed by atoms with Crippen LogP contribution >= 0.6 is 0 Å². The van der Waals surface area contributed by atoms with Gasteiger partial charge in [0, 0.05) is 12.6 Å². The van der Waals surface area contributed by atoms with Crippen molar-refractivity contribution in [3.63, 3.8) is 0 Å². The fraction of sp³-hybridized carbons (Fsp3) is 0.923. The maximum atomic E-state index is 8.85. The first kappa shape index (κ1) is 13.5. The van der Waals surface area contributed by atoms with Crippen molar-refractivity contribution in [1.29, 1.82) is 5.26 Å². The molecule has 1 rings (SSSR count). The zero-order valence-corrected chi connectivity index (χ0v) is 11.4. The van der Waals surface area contributed by atoms with Crippen molar-refractivity contribution in [2.75, 3.05) is 13.6 Å². The van der Waals surface area contributed by atoms with Gasteiger partial charge in [-0.1, -0.05) is 0 Å². The van der Waals surface area contributed by atoms with Crippen molar-refractivity contribution in [3.05, 3.63) is 0 Å². The molecule has 0 aromatic carbocycles. The van der Waals surface area contributed by atoms with Crippen LogP contribution in [0, 0.1) is 17.2 Å². The normalized spacial score (nSPS) is 29.0. The first-order chi connectivity index (χ1) is 7.18. The summed E-state index contributed by atoms with van der Waals surface area (Å²) in [6.07, 6.45) is 1.02. The van der Waals surface area contributed by atoms with Crippen molar-refractivity contribution in [2.45, 2.75) is 58.3 Å². The summed E-state index contributed by atoms with van der Waals surface area (Å²) in [5.74, 6) is 0.0736. The summed E-state index contributed by atoms with van der Waals surface area (Å²) in [6.45, 7) is 11.3. The Balaban J connectivity index is 2.70. The van der Waals surface area contributed by atoms with Gasteiger partial charge < -0.3 is 4.74 Å². The largest absolute Gasteiger partial charge is 0.368 e. The second kappa shape index (κ2) is 4.35. The molecule has 0 aromatic rings. The van der Waals surface area contributed by atoms with Crippen LogP contribution in [0.4, 0.5) is 0 Å². The predicted octanol–water partition coefficient (Wildman–Crippen LogP) is 2.42. The quantitative estimate of drug-likeness (QED) is 0.738. The lowest BCUT2D eigenvalue weighted by Gasteiger charge is -2.34. The lowest BCUT2D eigenvalue weighted by Crippen LogP contribution is -2.45. The van der Waals surface area contributed by atoms with Gasteiger partial charge in [0.05, 0.1) is 23.2 Å². The molecule has 0 N–H and O–H groups in total. The van der Waals surface area contributed by atoms with Gasteiger partial charge in [0.15, 0.2) is 0 Å². The van der Waals surface area contributed by atoms with E-state index in [-0.39, 0.29) is 17.1 Å². The van der Waals surface area contributed by atoms with E-state index >= 15 is 0 Å². The Hall–Kier alpha value is -0.590. The molecular formula is C13H24N2O. The Morgan fingerprint density at radius 1 is 1.44 bits per heavy atom. The maximum Gasteiger partial charge on any atom is 0.0789 e. The average Bonchev–Trinajstić information content (AvgIpc) is 2.34. The van der Waals surface area contributed by atoms with Gasteiger partial charge in [-0.3, -0.25) is 4.90 Å². The molecule has 0 saturated carbocycles. The number of ether oxygens (including phenoxy) is 1. The summed E-state index contributed by atoms with van der Waals surface area (Å²) in [5, 5.41) is 8.85. The molecule has 3 heteroatoms. The molecule has 2 unspecified atom stereocenters. The lowest BCUT2D eigenvalue weighted by atomic mass is 9.93. The summed E-state index contributed by atoms with van der Waals surface area (Å²) in [5.41, 5.74) is -0.189. The summed E-state index contributed by atoms with van der Waals surface area (Å²) in [6, 6.07) is 2.67. The van der Waals surface area contributed by atoms with Crippen LogP contribution in [0.5, 0.6) is 0 Å². The molecule has 1 heterocycles. The van der Waals surface area contributed by atoms with Gasteiger partial charge in [0.1, 0.15) is 0 Å². The highest BCUT2D eigenvalue weighted by Crippen LogP contribution is 2.39. The van der Waals surface area contributed by atoms with Crippen LogP contribution in [0.1, 0.15) is 41.0 Å². The molecule has 0 radical (unpaired) electrons. The van der Waals surface area contributed by atoms with Gasteiger partial charge in [-0.2, -0.15) is 5.26 Å². The standard InChI is InChI=1S/C13H24N2O/c1-10(8-14)9-15(6)11-7-12(2,3)16-13(11,4)5/h10-11H,7,9H2,1-6H3. The highest BCUT2D eigenvalue weighted by Gasteiger charge is 2.47. The number of hydrogen-bond donors (Lipinski definition) is 0. The molecule has 0 amide bonds. The molecule has 0 spiro atoms. The van der Waals surface area contributed by atoms with E-state index in [0.717, 1.165) is 13.0 Å². The van der Waals surface area contributed by atoms with Gasteiger partial charge >= 0.3 is 0 Å². The fourth-order valence-electron chi connectivity index (χ4n) is 2.82. The summed E-state index contributed by atoms with van der Waals surface area (Å²) in [7, 11) is 2.09. The summed E-state index contributed by atoms with van der Waals surface area (Å²) < 4.78 is 6.06. The van der Waals surface area contributed by atoms with E-state index < -0.39 is 0 Å². The molecule has 0 aromatic heterocycles. The minimum atomic E-state index is -0.132. The second-order valence-corrected chi connectivity index (χ2v) is 6.15. The number of hydrogen-bond acceptors (Lipinski definition) is 3. The lowest BCUT2D eigenvalue weighted by molar-refractivity contribution is -0.0789. The minimum Gasteiger partial charge on any atom is -0.368 e. The first-order valence-electron chi connectivity index (χ1n) is 5.98. The Morgan fingerprint density at radius 3 is 2.38 bits per heavy atom. The van der Waals surface area contributed by atoms with Crippen LogP contribution in [0.3, 0.4) is 0 Å². The number of nitriles is 1. The van der Waals surface area contributed by atoms with E-state index in [1.807, 2.05) is 6.92 Å². The SMILES string of the molecule is CC(C#N)CN(C)C1CC(C)(C)OC1(C)C. The molecule has 1 aliphatic heterocycles. The first-order valence-corrected chi connectivity index (χ1v) is 5.98. The summed E-state index contributed by atoms with van der Waals surface area (Å²) >= 11 is 0. The third-order valence-electron chi connectivity index (χ3n) is 3.34. The Bertz CT molecular complexity index is 291. The predicted molar refractivity (Wildman–Crippen MR) is 65.1 cm³/mol.